The molecule has 1 aromatic rings. The Hall–Kier alpha value is -2.11. The van der Waals surface area contributed by atoms with Gasteiger partial charge in [0.2, 0.25) is 0 Å². The number of halogens is 1. The Kier molecular flexibility index (Phi) is 4.55. The number of carbonyl (C=O) groups excluding carboxylic acids is 1. The fourth-order valence-corrected chi connectivity index (χ4v) is 1.97. The zero-order valence-corrected chi connectivity index (χ0v) is 10.9. The van der Waals surface area contributed by atoms with Crippen molar-refractivity contribution in [2.24, 2.45) is 5.92 Å². The first-order valence-electron chi connectivity index (χ1n) is 6.58. The van der Waals surface area contributed by atoms with E-state index in [0.29, 0.717) is 13.0 Å². The maximum atomic E-state index is 12.7. The molecule has 6 heteroatoms. The molecule has 0 bridgehead atoms. The number of amides is 2. The molecule has 1 fully saturated rings. The highest BCUT2D eigenvalue weighted by Gasteiger charge is 2.37. The third-order valence-corrected chi connectivity index (χ3v) is 3.26. The van der Waals surface area contributed by atoms with E-state index < -0.39 is 18.0 Å². The molecule has 0 saturated heterocycles. The van der Waals surface area contributed by atoms with Gasteiger partial charge >= 0.3 is 12.0 Å². The summed E-state index contributed by atoms with van der Waals surface area (Å²) in [6.07, 6.45) is 2.24. The molecule has 3 N–H and O–H groups in total. The lowest BCUT2D eigenvalue weighted by atomic mass is 10.1. The van der Waals surface area contributed by atoms with Crippen molar-refractivity contribution in [2.45, 2.75) is 25.3 Å². The largest absolute Gasteiger partial charge is 0.480 e. The van der Waals surface area contributed by atoms with Crippen LogP contribution in [0.5, 0.6) is 0 Å². The number of carboxylic acid groups (broad SMARTS) is 1. The Morgan fingerprint density at radius 3 is 2.50 bits per heavy atom. The topological polar surface area (TPSA) is 78.4 Å². The third kappa shape index (κ3) is 4.22. The van der Waals surface area contributed by atoms with Crippen molar-refractivity contribution in [3.8, 4) is 0 Å². The molecule has 0 heterocycles. The van der Waals surface area contributed by atoms with Crippen LogP contribution in [0.3, 0.4) is 0 Å². The lowest BCUT2D eigenvalue weighted by Crippen LogP contribution is -2.47. The maximum absolute atomic E-state index is 12.7. The highest BCUT2D eigenvalue weighted by Crippen LogP contribution is 2.32. The van der Waals surface area contributed by atoms with E-state index in [9.17, 15) is 14.0 Å². The SMILES string of the molecule is O=C(NCCc1ccc(F)cc1)NC(C(=O)O)C1CC1. The molecule has 2 rings (SSSR count). The van der Waals surface area contributed by atoms with Crippen molar-refractivity contribution in [3.63, 3.8) is 0 Å². The zero-order chi connectivity index (χ0) is 14.5. The average Bonchev–Trinajstić information content (AvgIpc) is 3.22. The maximum Gasteiger partial charge on any atom is 0.326 e. The number of hydrogen-bond donors (Lipinski definition) is 3. The molecule has 108 valence electrons. The van der Waals surface area contributed by atoms with Crippen LogP contribution < -0.4 is 10.6 Å². The van der Waals surface area contributed by atoms with Crippen LogP contribution in [0.4, 0.5) is 9.18 Å². The molecule has 1 unspecified atom stereocenters. The Morgan fingerprint density at radius 2 is 1.95 bits per heavy atom. The van der Waals surface area contributed by atoms with Crippen LogP contribution in [0.1, 0.15) is 18.4 Å². The third-order valence-electron chi connectivity index (χ3n) is 3.26. The zero-order valence-electron chi connectivity index (χ0n) is 10.9. The number of carbonyl (C=O) groups is 2. The fourth-order valence-electron chi connectivity index (χ4n) is 1.97. The molecule has 20 heavy (non-hydrogen) atoms. The number of urea groups is 1. The van der Waals surface area contributed by atoms with Crippen molar-refractivity contribution in [1.82, 2.24) is 10.6 Å². The van der Waals surface area contributed by atoms with Gasteiger partial charge in [-0.1, -0.05) is 12.1 Å². The van der Waals surface area contributed by atoms with Gasteiger partial charge in [0.05, 0.1) is 0 Å². The molecule has 0 spiro atoms. The summed E-state index contributed by atoms with van der Waals surface area (Å²) in [7, 11) is 0. The van der Waals surface area contributed by atoms with Crippen LogP contribution in [0.15, 0.2) is 24.3 Å². The Morgan fingerprint density at radius 1 is 1.30 bits per heavy atom. The summed E-state index contributed by atoms with van der Waals surface area (Å²) < 4.78 is 12.7. The van der Waals surface area contributed by atoms with Crippen molar-refractivity contribution >= 4 is 12.0 Å². The molecule has 1 saturated carbocycles. The van der Waals surface area contributed by atoms with Gasteiger partial charge in [-0.25, -0.2) is 14.0 Å². The molecule has 0 radical (unpaired) electrons. The second-order valence-corrected chi connectivity index (χ2v) is 4.93. The van der Waals surface area contributed by atoms with Gasteiger partial charge < -0.3 is 15.7 Å². The quantitative estimate of drug-likeness (QED) is 0.739. The summed E-state index contributed by atoms with van der Waals surface area (Å²) in [6, 6.07) is 4.75. The van der Waals surface area contributed by atoms with Crippen molar-refractivity contribution in [1.29, 1.82) is 0 Å². The Labute approximate surface area is 116 Å². The number of nitrogens with one attached hydrogen (secondary N) is 2. The molecule has 5 nitrogen and oxygen atoms in total. The molecule has 2 amide bonds. The molecule has 1 aromatic carbocycles. The van der Waals surface area contributed by atoms with E-state index in [2.05, 4.69) is 10.6 Å². The molecular weight excluding hydrogens is 263 g/mol. The minimum absolute atomic E-state index is 0.0512. The predicted molar refractivity (Wildman–Crippen MR) is 70.8 cm³/mol. The monoisotopic (exact) mass is 280 g/mol. The molecule has 1 atom stereocenters. The number of aliphatic carboxylic acids is 1. The summed E-state index contributed by atoms with van der Waals surface area (Å²) in [5.41, 5.74) is 0.906. The summed E-state index contributed by atoms with van der Waals surface area (Å²) >= 11 is 0. The lowest BCUT2D eigenvalue weighted by molar-refractivity contribution is -0.139. The van der Waals surface area contributed by atoms with Gasteiger partial charge in [0.1, 0.15) is 11.9 Å². The van der Waals surface area contributed by atoms with E-state index >= 15 is 0 Å². The van der Waals surface area contributed by atoms with E-state index in [0.717, 1.165) is 18.4 Å². The first kappa shape index (κ1) is 14.3. The van der Waals surface area contributed by atoms with Crippen LogP contribution in [0.25, 0.3) is 0 Å². The standard InChI is InChI=1S/C14H17FN2O3/c15-11-5-1-9(2-6-11)7-8-16-14(20)17-12(13(18)19)10-3-4-10/h1-2,5-6,10,12H,3-4,7-8H2,(H,18,19)(H2,16,17,20). The number of carboxylic acids is 1. The van der Waals surface area contributed by atoms with E-state index in [-0.39, 0.29) is 11.7 Å². The van der Waals surface area contributed by atoms with E-state index in [1.807, 2.05) is 0 Å². The summed E-state index contributed by atoms with van der Waals surface area (Å²) in [4.78, 5) is 22.6. The average molecular weight is 280 g/mol. The summed E-state index contributed by atoms with van der Waals surface area (Å²) in [5.74, 6) is -1.25. The number of rotatable bonds is 6. The molecule has 1 aliphatic carbocycles. The second kappa shape index (κ2) is 6.36. The van der Waals surface area contributed by atoms with Crippen molar-refractivity contribution < 1.29 is 19.1 Å². The Balaban J connectivity index is 1.72. The van der Waals surface area contributed by atoms with Crippen molar-refractivity contribution in [3.05, 3.63) is 35.6 Å². The number of hydrogen-bond acceptors (Lipinski definition) is 2. The van der Waals surface area contributed by atoms with Gasteiger partial charge in [0.25, 0.3) is 0 Å². The minimum Gasteiger partial charge on any atom is -0.480 e. The van der Waals surface area contributed by atoms with E-state index in [4.69, 9.17) is 5.11 Å². The van der Waals surface area contributed by atoms with Crippen molar-refractivity contribution in [2.75, 3.05) is 6.54 Å². The van der Waals surface area contributed by atoms with Gasteiger partial charge in [-0.05, 0) is 42.9 Å². The normalized spacial score (nSPS) is 15.4. The smallest absolute Gasteiger partial charge is 0.326 e. The van der Waals surface area contributed by atoms with Crippen LogP contribution in [-0.4, -0.2) is 29.7 Å². The van der Waals surface area contributed by atoms with Gasteiger partial charge in [0.15, 0.2) is 0 Å². The molecular formula is C14H17FN2O3. The highest BCUT2D eigenvalue weighted by molar-refractivity contribution is 5.83. The molecule has 1 aliphatic rings. The van der Waals surface area contributed by atoms with E-state index in [1.165, 1.54) is 12.1 Å². The van der Waals surface area contributed by atoms with Gasteiger partial charge in [0, 0.05) is 6.54 Å². The first-order valence-corrected chi connectivity index (χ1v) is 6.58. The summed E-state index contributed by atoms with van der Waals surface area (Å²) in [6.45, 7) is 0.370. The highest BCUT2D eigenvalue weighted by atomic mass is 19.1. The number of benzene rings is 1. The van der Waals surface area contributed by atoms with Gasteiger partial charge in [-0.15, -0.1) is 0 Å². The lowest BCUT2D eigenvalue weighted by Gasteiger charge is -2.14. The van der Waals surface area contributed by atoms with Gasteiger partial charge in [-0.3, -0.25) is 0 Å². The predicted octanol–water partition coefficient (Wildman–Crippen LogP) is 1.53. The van der Waals surface area contributed by atoms with E-state index in [1.54, 1.807) is 12.1 Å². The van der Waals surface area contributed by atoms with Crippen LogP contribution >= 0.6 is 0 Å². The van der Waals surface area contributed by atoms with Gasteiger partial charge in [-0.2, -0.15) is 0 Å². The molecule has 0 aliphatic heterocycles. The first-order chi connectivity index (χ1) is 9.56. The fraction of sp³-hybridized carbons (Fsp3) is 0.429. The van der Waals surface area contributed by atoms with Crippen LogP contribution in [-0.2, 0) is 11.2 Å². The van der Waals surface area contributed by atoms with Crippen LogP contribution in [0, 0.1) is 11.7 Å². The summed E-state index contributed by atoms with van der Waals surface area (Å²) in [5, 5.41) is 14.1. The Bertz CT molecular complexity index is 486. The molecule has 0 aromatic heterocycles. The minimum atomic E-state index is -0.999. The van der Waals surface area contributed by atoms with Crippen LogP contribution in [0.2, 0.25) is 0 Å². The second-order valence-electron chi connectivity index (χ2n) is 4.93.